The SMILES string of the molecule is CC(C)CC(=O)N(C)C(C#N)c1ccco1. The Balaban J connectivity index is 2.75. The molecular formula is C12H16N2O2. The van der Waals surface area contributed by atoms with Crippen LogP contribution in [0.4, 0.5) is 0 Å². The zero-order chi connectivity index (χ0) is 12.1. The van der Waals surface area contributed by atoms with E-state index in [9.17, 15) is 4.79 Å². The lowest BCUT2D eigenvalue weighted by atomic mass is 10.1. The number of carbonyl (C=O) groups is 1. The van der Waals surface area contributed by atoms with Crippen LogP contribution in [-0.2, 0) is 4.79 Å². The highest BCUT2D eigenvalue weighted by Gasteiger charge is 2.23. The normalized spacial score (nSPS) is 12.2. The monoisotopic (exact) mass is 220 g/mol. The molecule has 0 aliphatic heterocycles. The second-order valence-electron chi connectivity index (χ2n) is 4.15. The van der Waals surface area contributed by atoms with Crippen molar-refractivity contribution in [3.63, 3.8) is 0 Å². The van der Waals surface area contributed by atoms with Crippen molar-refractivity contribution >= 4 is 5.91 Å². The topological polar surface area (TPSA) is 57.2 Å². The van der Waals surface area contributed by atoms with Crippen LogP contribution in [0, 0.1) is 17.2 Å². The van der Waals surface area contributed by atoms with E-state index in [-0.39, 0.29) is 11.8 Å². The first kappa shape index (κ1) is 12.3. The van der Waals surface area contributed by atoms with Gasteiger partial charge in [-0.25, -0.2) is 0 Å². The van der Waals surface area contributed by atoms with Gasteiger partial charge in [-0.15, -0.1) is 0 Å². The number of carbonyl (C=O) groups excluding carboxylic acids is 1. The summed E-state index contributed by atoms with van der Waals surface area (Å²) in [4.78, 5) is 13.2. The molecule has 86 valence electrons. The summed E-state index contributed by atoms with van der Waals surface area (Å²) in [6.45, 7) is 3.94. The lowest BCUT2D eigenvalue weighted by Gasteiger charge is -2.21. The van der Waals surface area contributed by atoms with Gasteiger partial charge < -0.3 is 9.32 Å². The molecule has 0 saturated carbocycles. The quantitative estimate of drug-likeness (QED) is 0.782. The maximum absolute atomic E-state index is 11.8. The van der Waals surface area contributed by atoms with Gasteiger partial charge in [0.2, 0.25) is 5.91 Å². The standard InChI is InChI=1S/C12H16N2O2/c1-9(2)7-12(15)14(3)10(8-13)11-5-4-6-16-11/h4-6,9-10H,7H2,1-3H3. The van der Waals surface area contributed by atoms with Gasteiger partial charge in [0.15, 0.2) is 6.04 Å². The first-order chi connectivity index (χ1) is 7.56. The molecule has 0 aromatic carbocycles. The second kappa shape index (κ2) is 5.36. The van der Waals surface area contributed by atoms with Crippen LogP contribution >= 0.6 is 0 Å². The minimum absolute atomic E-state index is 0.0436. The predicted octanol–water partition coefficient (Wildman–Crippen LogP) is 2.35. The molecule has 1 rings (SSSR count). The molecule has 1 unspecified atom stereocenters. The summed E-state index contributed by atoms with van der Waals surface area (Å²) in [5.41, 5.74) is 0. The van der Waals surface area contributed by atoms with Crippen molar-refractivity contribution in [2.24, 2.45) is 5.92 Å². The Kier molecular flexibility index (Phi) is 4.12. The molecular weight excluding hydrogens is 204 g/mol. The van der Waals surface area contributed by atoms with Crippen LogP contribution in [0.3, 0.4) is 0 Å². The zero-order valence-corrected chi connectivity index (χ0v) is 9.80. The third-order valence-corrected chi connectivity index (χ3v) is 2.30. The largest absolute Gasteiger partial charge is 0.466 e. The van der Waals surface area contributed by atoms with E-state index in [1.54, 1.807) is 19.2 Å². The summed E-state index contributed by atoms with van der Waals surface area (Å²) >= 11 is 0. The van der Waals surface area contributed by atoms with Crippen molar-refractivity contribution in [1.29, 1.82) is 5.26 Å². The summed E-state index contributed by atoms with van der Waals surface area (Å²) in [5, 5.41) is 9.05. The summed E-state index contributed by atoms with van der Waals surface area (Å²) in [6.07, 6.45) is 1.94. The highest BCUT2D eigenvalue weighted by atomic mass is 16.3. The molecule has 0 aliphatic rings. The van der Waals surface area contributed by atoms with Gasteiger partial charge in [-0.1, -0.05) is 13.8 Å². The first-order valence-corrected chi connectivity index (χ1v) is 5.25. The van der Waals surface area contributed by atoms with E-state index in [2.05, 4.69) is 6.07 Å². The Morgan fingerprint density at radius 3 is 2.75 bits per heavy atom. The number of amides is 1. The number of furan rings is 1. The highest BCUT2D eigenvalue weighted by molar-refractivity contribution is 5.76. The molecule has 16 heavy (non-hydrogen) atoms. The predicted molar refractivity (Wildman–Crippen MR) is 59.3 cm³/mol. The minimum Gasteiger partial charge on any atom is -0.466 e. The van der Waals surface area contributed by atoms with E-state index in [1.165, 1.54) is 11.2 Å². The third kappa shape index (κ3) is 2.86. The molecule has 0 aliphatic carbocycles. The van der Waals surface area contributed by atoms with Gasteiger partial charge in [-0.3, -0.25) is 4.79 Å². The molecule has 1 amide bonds. The molecule has 0 spiro atoms. The fourth-order valence-electron chi connectivity index (χ4n) is 1.43. The molecule has 1 atom stereocenters. The number of nitriles is 1. The van der Waals surface area contributed by atoms with Crippen molar-refractivity contribution in [1.82, 2.24) is 4.90 Å². The Hall–Kier alpha value is -1.76. The van der Waals surface area contributed by atoms with Crippen LogP contribution in [0.15, 0.2) is 22.8 Å². The Labute approximate surface area is 95.5 Å². The molecule has 4 nitrogen and oxygen atoms in total. The van der Waals surface area contributed by atoms with Crippen LogP contribution in [0.5, 0.6) is 0 Å². The summed E-state index contributed by atoms with van der Waals surface area (Å²) in [6, 6.07) is 4.84. The first-order valence-electron chi connectivity index (χ1n) is 5.25. The van der Waals surface area contributed by atoms with E-state index in [4.69, 9.17) is 9.68 Å². The maximum Gasteiger partial charge on any atom is 0.223 e. The molecule has 1 heterocycles. The molecule has 1 aromatic rings. The average molecular weight is 220 g/mol. The Morgan fingerprint density at radius 1 is 1.62 bits per heavy atom. The molecule has 1 aromatic heterocycles. The molecule has 4 heteroatoms. The molecule has 0 N–H and O–H groups in total. The van der Waals surface area contributed by atoms with Crippen molar-refractivity contribution in [3.8, 4) is 6.07 Å². The van der Waals surface area contributed by atoms with E-state index in [0.29, 0.717) is 12.2 Å². The summed E-state index contributed by atoms with van der Waals surface area (Å²) < 4.78 is 5.15. The van der Waals surface area contributed by atoms with Crippen molar-refractivity contribution in [2.75, 3.05) is 7.05 Å². The third-order valence-electron chi connectivity index (χ3n) is 2.30. The lowest BCUT2D eigenvalue weighted by Crippen LogP contribution is -2.31. The number of hydrogen-bond donors (Lipinski definition) is 0. The van der Waals surface area contributed by atoms with Crippen molar-refractivity contribution < 1.29 is 9.21 Å². The van der Waals surface area contributed by atoms with E-state index < -0.39 is 6.04 Å². The summed E-state index contributed by atoms with van der Waals surface area (Å²) in [5.74, 6) is 0.742. The van der Waals surface area contributed by atoms with Gasteiger partial charge in [0, 0.05) is 13.5 Å². The zero-order valence-electron chi connectivity index (χ0n) is 9.80. The number of rotatable bonds is 4. The van der Waals surface area contributed by atoms with Crippen LogP contribution in [0.2, 0.25) is 0 Å². The van der Waals surface area contributed by atoms with Crippen LogP contribution in [0.1, 0.15) is 32.1 Å². The van der Waals surface area contributed by atoms with Gasteiger partial charge in [0.05, 0.1) is 12.3 Å². The molecule has 0 radical (unpaired) electrons. The number of nitrogens with zero attached hydrogens (tertiary/aromatic N) is 2. The van der Waals surface area contributed by atoms with Crippen LogP contribution < -0.4 is 0 Å². The fraction of sp³-hybridized carbons (Fsp3) is 0.500. The Morgan fingerprint density at radius 2 is 2.31 bits per heavy atom. The van der Waals surface area contributed by atoms with E-state index >= 15 is 0 Å². The lowest BCUT2D eigenvalue weighted by molar-refractivity contribution is -0.132. The van der Waals surface area contributed by atoms with Crippen LogP contribution in [-0.4, -0.2) is 17.9 Å². The van der Waals surface area contributed by atoms with Crippen molar-refractivity contribution in [3.05, 3.63) is 24.2 Å². The van der Waals surface area contributed by atoms with Gasteiger partial charge in [-0.05, 0) is 18.1 Å². The minimum atomic E-state index is -0.638. The highest BCUT2D eigenvalue weighted by Crippen LogP contribution is 2.20. The van der Waals surface area contributed by atoms with Gasteiger partial charge in [-0.2, -0.15) is 5.26 Å². The van der Waals surface area contributed by atoms with Gasteiger partial charge >= 0.3 is 0 Å². The average Bonchev–Trinajstić information content (AvgIpc) is 2.71. The molecule has 0 saturated heterocycles. The number of hydrogen-bond acceptors (Lipinski definition) is 3. The summed E-state index contributed by atoms with van der Waals surface area (Å²) in [7, 11) is 1.63. The van der Waals surface area contributed by atoms with Gasteiger partial charge in [0.1, 0.15) is 5.76 Å². The van der Waals surface area contributed by atoms with Gasteiger partial charge in [0.25, 0.3) is 0 Å². The molecule has 0 fully saturated rings. The smallest absolute Gasteiger partial charge is 0.223 e. The van der Waals surface area contributed by atoms with E-state index in [0.717, 1.165) is 0 Å². The second-order valence-corrected chi connectivity index (χ2v) is 4.15. The van der Waals surface area contributed by atoms with E-state index in [1.807, 2.05) is 13.8 Å². The molecule has 0 bridgehead atoms. The Bertz CT molecular complexity index is 376. The van der Waals surface area contributed by atoms with Crippen LogP contribution in [0.25, 0.3) is 0 Å². The fourth-order valence-corrected chi connectivity index (χ4v) is 1.43. The maximum atomic E-state index is 11.8. The van der Waals surface area contributed by atoms with Crippen molar-refractivity contribution in [2.45, 2.75) is 26.3 Å².